The van der Waals surface area contributed by atoms with Crippen LogP contribution in [0, 0.1) is 10.1 Å². The van der Waals surface area contributed by atoms with Gasteiger partial charge in [-0.1, -0.05) is 12.1 Å². The molecular weight excluding hydrogens is 372 g/mol. The minimum atomic E-state index is -0.563. The van der Waals surface area contributed by atoms with E-state index in [0.717, 1.165) is 0 Å². The fraction of sp³-hybridized carbons (Fsp3) is 0.118. The van der Waals surface area contributed by atoms with E-state index in [-0.39, 0.29) is 35.1 Å². The molecule has 0 bridgehead atoms. The molecular formula is C17H16N4O5S. The number of nitrogens with one attached hydrogen (secondary N) is 3. The van der Waals surface area contributed by atoms with E-state index in [9.17, 15) is 19.7 Å². The van der Waals surface area contributed by atoms with Crippen molar-refractivity contribution in [3.63, 3.8) is 0 Å². The maximum atomic E-state index is 12.2. The lowest BCUT2D eigenvalue weighted by Crippen LogP contribution is -2.35. The molecule has 0 saturated heterocycles. The van der Waals surface area contributed by atoms with Crippen molar-refractivity contribution in [2.45, 2.75) is 0 Å². The molecule has 4 N–H and O–H groups in total. The monoisotopic (exact) mass is 388 g/mol. The summed E-state index contributed by atoms with van der Waals surface area (Å²) in [5, 5.41) is 27.1. The summed E-state index contributed by atoms with van der Waals surface area (Å²) in [4.78, 5) is 34.3. The number of nitro groups is 1. The summed E-state index contributed by atoms with van der Waals surface area (Å²) in [7, 11) is 0. The van der Waals surface area contributed by atoms with Crippen LogP contribution in [0.4, 0.5) is 11.4 Å². The normalized spacial score (nSPS) is 9.96. The Hall–Kier alpha value is -3.37. The van der Waals surface area contributed by atoms with Crippen molar-refractivity contribution in [3.8, 4) is 0 Å². The van der Waals surface area contributed by atoms with Crippen molar-refractivity contribution < 1.29 is 19.6 Å². The molecule has 0 aromatic heterocycles. The lowest BCUT2D eigenvalue weighted by atomic mass is 10.1. The first-order chi connectivity index (χ1) is 12.9. The zero-order valence-electron chi connectivity index (χ0n) is 14.0. The van der Waals surface area contributed by atoms with Gasteiger partial charge in [0.05, 0.1) is 22.8 Å². The predicted molar refractivity (Wildman–Crippen MR) is 103 cm³/mol. The Labute approximate surface area is 159 Å². The van der Waals surface area contributed by atoms with E-state index in [0.29, 0.717) is 5.69 Å². The topological polar surface area (TPSA) is 134 Å². The van der Waals surface area contributed by atoms with Crippen LogP contribution in [0.3, 0.4) is 0 Å². The van der Waals surface area contributed by atoms with Crippen LogP contribution >= 0.6 is 12.2 Å². The highest BCUT2D eigenvalue weighted by Gasteiger charge is 2.14. The molecule has 0 radical (unpaired) electrons. The van der Waals surface area contributed by atoms with E-state index < -0.39 is 16.7 Å². The molecule has 0 aliphatic rings. The Balaban J connectivity index is 2.04. The molecule has 2 rings (SSSR count). The van der Waals surface area contributed by atoms with E-state index in [1.54, 1.807) is 24.3 Å². The number of aliphatic hydroxyl groups is 1. The van der Waals surface area contributed by atoms with E-state index in [2.05, 4.69) is 16.0 Å². The quantitative estimate of drug-likeness (QED) is 0.334. The van der Waals surface area contributed by atoms with Gasteiger partial charge in [0.15, 0.2) is 5.11 Å². The molecule has 140 valence electrons. The van der Waals surface area contributed by atoms with Crippen LogP contribution in [0.25, 0.3) is 0 Å². The van der Waals surface area contributed by atoms with E-state index in [4.69, 9.17) is 17.3 Å². The van der Waals surface area contributed by atoms with Crippen molar-refractivity contribution in [2.75, 3.05) is 18.5 Å². The molecule has 0 aliphatic carbocycles. The van der Waals surface area contributed by atoms with Crippen molar-refractivity contribution in [1.29, 1.82) is 0 Å². The molecule has 2 aromatic rings. The predicted octanol–water partition coefficient (Wildman–Crippen LogP) is 1.44. The highest BCUT2D eigenvalue weighted by Crippen LogP contribution is 2.15. The molecule has 9 nitrogen and oxygen atoms in total. The van der Waals surface area contributed by atoms with Gasteiger partial charge < -0.3 is 15.7 Å². The number of para-hydroxylation sites is 1. The molecule has 0 aliphatic heterocycles. The second kappa shape index (κ2) is 9.36. The highest BCUT2D eigenvalue weighted by molar-refractivity contribution is 7.80. The minimum Gasteiger partial charge on any atom is -0.395 e. The average Bonchev–Trinajstić information content (AvgIpc) is 2.66. The second-order valence-electron chi connectivity index (χ2n) is 5.24. The van der Waals surface area contributed by atoms with E-state index >= 15 is 0 Å². The third-order valence-electron chi connectivity index (χ3n) is 3.38. The van der Waals surface area contributed by atoms with Gasteiger partial charge in [-0.15, -0.1) is 0 Å². The van der Waals surface area contributed by atoms with Gasteiger partial charge in [-0.2, -0.15) is 0 Å². The summed E-state index contributed by atoms with van der Waals surface area (Å²) < 4.78 is 0. The van der Waals surface area contributed by atoms with Crippen molar-refractivity contribution in [1.82, 2.24) is 10.6 Å². The number of non-ortho nitro benzene ring substituents is 1. The number of amides is 2. The van der Waals surface area contributed by atoms with E-state index in [1.807, 2.05) is 0 Å². The number of nitrogens with zero attached hydrogens (tertiary/aromatic N) is 1. The minimum absolute atomic E-state index is 0.0410. The van der Waals surface area contributed by atoms with Crippen molar-refractivity contribution in [2.24, 2.45) is 0 Å². The van der Waals surface area contributed by atoms with Gasteiger partial charge in [0.25, 0.3) is 17.5 Å². The number of hydrogen-bond acceptors (Lipinski definition) is 6. The van der Waals surface area contributed by atoms with Gasteiger partial charge in [0.1, 0.15) is 0 Å². The highest BCUT2D eigenvalue weighted by atomic mass is 32.1. The molecule has 2 amide bonds. The Morgan fingerprint density at radius 3 is 2.37 bits per heavy atom. The largest absolute Gasteiger partial charge is 0.395 e. The number of nitro benzene ring substituents is 1. The lowest BCUT2D eigenvalue weighted by molar-refractivity contribution is -0.384. The average molecular weight is 388 g/mol. The summed E-state index contributed by atoms with van der Waals surface area (Å²) in [6.45, 7) is -0.0838. The van der Waals surface area contributed by atoms with Crippen LogP contribution in [-0.2, 0) is 0 Å². The number of benzene rings is 2. The number of carbonyl (C=O) groups excluding carboxylic acids is 2. The Morgan fingerprint density at radius 1 is 1.07 bits per heavy atom. The van der Waals surface area contributed by atoms with Crippen molar-refractivity contribution >= 4 is 40.5 Å². The summed E-state index contributed by atoms with van der Waals surface area (Å²) >= 11 is 5.09. The van der Waals surface area contributed by atoms with Gasteiger partial charge >= 0.3 is 0 Å². The molecule has 27 heavy (non-hydrogen) atoms. The summed E-state index contributed by atoms with van der Waals surface area (Å²) in [5.74, 6) is -0.957. The summed E-state index contributed by atoms with van der Waals surface area (Å²) in [6, 6.07) is 11.6. The molecule has 0 saturated carbocycles. The van der Waals surface area contributed by atoms with Crippen LogP contribution in [0.2, 0.25) is 0 Å². The summed E-state index contributed by atoms with van der Waals surface area (Å²) in [5.41, 5.74) is 0.730. The number of carbonyl (C=O) groups is 2. The zero-order valence-corrected chi connectivity index (χ0v) is 14.8. The van der Waals surface area contributed by atoms with Gasteiger partial charge in [0, 0.05) is 24.2 Å². The first-order valence-corrected chi connectivity index (χ1v) is 8.18. The van der Waals surface area contributed by atoms with Crippen LogP contribution < -0.4 is 16.0 Å². The Morgan fingerprint density at radius 2 is 1.74 bits per heavy atom. The van der Waals surface area contributed by atoms with Crippen molar-refractivity contribution in [3.05, 3.63) is 69.8 Å². The molecule has 0 unspecified atom stereocenters. The SMILES string of the molecule is O=C(NC(=S)Nc1ccccc1C(=O)NCCO)c1ccc([N+](=O)[O-])cc1. The second-order valence-corrected chi connectivity index (χ2v) is 5.65. The number of aliphatic hydroxyl groups excluding tert-OH is 1. The van der Waals surface area contributed by atoms with Gasteiger partial charge in [-0.25, -0.2) is 0 Å². The number of hydrogen-bond donors (Lipinski definition) is 4. The van der Waals surface area contributed by atoms with Crippen LogP contribution in [-0.4, -0.2) is 40.1 Å². The molecule has 0 spiro atoms. The fourth-order valence-electron chi connectivity index (χ4n) is 2.12. The first-order valence-electron chi connectivity index (χ1n) is 7.77. The lowest BCUT2D eigenvalue weighted by Gasteiger charge is -2.13. The van der Waals surface area contributed by atoms with Gasteiger partial charge in [-0.3, -0.25) is 25.0 Å². The molecule has 0 fully saturated rings. The van der Waals surface area contributed by atoms with E-state index in [1.165, 1.54) is 24.3 Å². The fourth-order valence-corrected chi connectivity index (χ4v) is 2.32. The van der Waals surface area contributed by atoms with Gasteiger partial charge in [-0.05, 0) is 36.5 Å². The van der Waals surface area contributed by atoms with Crippen LogP contribution in [0.1, 0.15) is 20.7 Å². The number of anilines is 1. The van der Waals surface area contributed by atoms with Crippen LogP contribution in [0.15, 0.2) is 48.5 Å². The van der Waals surface area contributed by atoms with Crippen LogP contribution in [0.5, 0.6) is 0 Å². The molecule has 10 heteroatoms. The smallest absolute Gasteiger partial charge is 0.269 e. The number of thiocarbonyl (C=S) groups is 1. The summed E-state index contributed by atoms with van der Waals surface area (Å²) in [6.07, 6.45) is 0. The maximum Gasteiger partial charge on any atom is 0.269 e. The molecule has 2 aromatic carbocycles. The Kier molecular flexibility index (Phi) is 6.92. The zero-order chi connectivity index (χ0) is 19.8. The maximum absolute atomic E-state index is 12.2. The third-order valence-corrected chi connectivity index (χ3v) is 3.59. The standard InChI is InChI=1S/C17H16N4O5S/c22-10-9-18-16(24)13-3-1-2-4-14(13)19-17(27)20-15(23)11-5-7-12(8-6-11)21(25)26/h1-8,22H,9-10H2,(H,18,24)(H2,19,20,23,27). The number of rotatable bonds is 6. The van der Waals surface area contributed by atoms with Gasteiger partial charge in [0.2, 0.25) is 0 Å². The molecule has 0 heterocycles. The first kappa shape index (κ1) is 19.9. The third kappa shape index (κ3) is 5.56. The Bertz CT molecular complexity index is 870. The molecule has 0 atom stereocenters.